The van der Waals surface area contributed by atoms with E-state index in [1.807, 2.05) is 0 Å². The molecule has 0 spiro atoms. The lowest BCUT2D eigenvalue weighted by molar-refractivity contribution is 0.0791. The van der Waals surface area contributed by atoms with E-state index in [4.69, 9.17) is 0 Å². The van der Waals surface area contributed by atoms with E-state index in [1.54, 1.807) is 0 Å². The monoisotopic (exact) mass is 213 g/mol. The fraction of sp³-hybridized carbons (Fsp3) is 1.00. The van der Waals surface area contributed by atoms with Crippen LogP contribution in [0.1, 0.15) is 51.9 Å². The van der Waals surface area contributed by atoms with Gasteiger partial charge in [-0.25, -0.2) is 4.39 Å². The summed E-state index contributed by atoms with van der Waals surface area (Å²) >= 11 is 0. The average molecular weight is 213 g/mol. The molecule has 0 radical (unpaired) electrons. The molecule has 3 unspecified atom stereocenters. The molecule has 0 N–H and O–H groups in total. The van der Waals surface area contributed by atoms with E-state index >= 15 is 0 Å². The van der Waals surface area contributed by atoms with Gasteiger partial charge in [0, 0.05) is 18.5 Å². The topological polar surface area (TPSA) is 3.24 Å². The highest BCUT2D eigenvalue weighted by Gasteiger charge is 2.28. The molecule has 1 heterocycles. The molecule has 0 aromatic rings. The minimum Gasteiger partial charge on any atom is -0.300 e. The van der Waals surface area contributed by atoms with Crippen molar-refractivity contribution in [2.24, 2.45) is 5.92 Å². The smallest absolute Gasteiger partial charge is 0.104 e. The average Bonchev–Trinajstić information content (AvgIpc) is 2.24. The lowest BCUT2D eigenvalue weighted by Crippen LogP contribution is -2.43. The third-order valence-electron chi connectivity index (χ3n) is 4.23. The second-order valence-corrected chi connectivity index (χ2v) is 5.40. The summed E-state index contributed by atoms with van der Waals surface area (Å²) in [6, 6.07) is 0.688. The van der Waals surface area contributed by atoms with Crippen LogP contribution in [0.5, 0.6) is 0 Å². The summed E-state index contributed by atoms with van der Waals surface area (Å²) in [5.41, 5.74) is 0. The molecule has 0 aromatic carbocycles. The number of rotatable bonds is 2. The molecule has 2 rings (SSSR count). The Hall–Kier alpha value is -0.110. The number of nitrogens with zero attached hydrogens (tertiary/aromatic N) is 1. The number of halogens is 1. The first-order valence-corrected chi connectivity index (χ1v) is 6.65. The van der Waals surface area contributed by atoms with E-state index in [1.165, 1.54) is 32.2 Å². The summed E-state index contributed by atoms with van der Waals surface area (Å²) in [6.45, 7) is 4.52. The molecule has 0 amide bonds. The Morgan fingerprint density at radius 3 is 2.53 bits per heavy atom. The molecular weight excluding hydrogens is 189 g/mol. The molecule has 3 atom stereocenters. The van der Waals surface area contributed by atoms with Gasteiger partial charge in [0.05, 0.1) is 0 Å². The van der Waals surface area contributed by atoms with Gasteiger partial charge in [-0.1, -0.05) is 19.3 Å². The van der Waals surface area contributed by atoms with Gasteiger partial charge in [0.2, 0.25) is 0 Å². The summed E-state index contributed by atoms with van der Waals surface area (Å²) in [4.78, 5) is 2.52. The Bertz CT molecular complexity index is 175. The number of hydrogen-bond donors (Lipinski definition) is 0. The molecule has 1 aliphatic heterocycles. The quantitative estimate of drug-likeness (QED) is 0.679. The standard InChI is InChI=1S/C13H24FN/c1-11-6-4-5-9-15(11)10-12-7-2-3-8-13(12)14/h11-13H,2-10H2,1H3. The van der Waals surface area contributed by atoms with E-state index in [0.717, 1.165) is 25.8 Å². The maximum absolute atomic E-state index is 13.7. The molecule has 0 bridgehead atoms. The zero-order chi connectivity index (χ0) is 10.7. The fourth-order valence-corrected chi connectivity index (χ4v) is 3.10. The second-order valence-electron chi connectivity index (χ2n) is 5.40. The minimum atomic E-state index is -0.520. The van der Waals surface area contributed by atoms with Crippen LogP contribution in [0.3, 0.4) is 0 Å². The van der Waals surface area contributed by atoms with Gasteiger partial charge in [-0.15, -0.1) is 0 Å². The summed E-state index contributed by atoms with van der Waals surface area (Å²) in [7, 11) is 0. The SMILES string of the molecule is CC1CCCCN1CC1CCCCC1F. The molecule has 1 saturated heterocycles. The second kappa shape index (κ2) is 5.29. The molecule has 0 aromatic heterocycles. The molecule has 15 heavy (non-hydrogen) atoms. The van der Waals surface area contributed by atoms with Crippen LogP contribution in [0, 0.1) is 5.92 Å². The highest BCUT2D eigenvalue weighted by Crippen LogP contribution is 2.29. The molecule has 1 nitrogen and oxygen atoms in total. The Labute approximate surface area is 93.0 Å². The summed E-state index contributed by atoms with van der Waals surface area (Å²) in [6.07, 6.45) is 7.74. The number of alkyl halides is 1. The van der Waals surface area contributed by atoms with E-state index in [-0.39, 0.29) is 0 Å². The third-order valence-corrected chi connectivity index (χ3v) is 4.23. The van der Waals surface area contributed by atoms with Gasteiger partial charge in [0.15, 0.2) is 0 Å². The van der Waals surface area contributed by atoms with Crippen LogP contribution >= 0.6 is 0 Å². The van der Waals surface area contributed by atoms with Gasteiger partial charge in [-0.05, 0) is 39.2 Å². The predicted octanol–water partition coefficient (Wildman–Crippen LogP) is 3.39. The maximum atomic E-state index is 13.7. The molecule has 2 fully saturated rings. The van der Waals surface area contributed by atoms with E-state index in [9.17, 15) is 4.39 Å². The minimum absolute atomic E-state index is 0.333. The van der Waals surface area contributed by atoms with Crippen molar-refractivity contribution in [3.63, 3.8) is 0 Å². The van der Waals surface area contributed by atoms with Crippen molar-refractivity contribution >= 4 is 0 Å². The molecule has 2 aliphatic rings. The summed E-state index contributed by atoms with van der Waals surface area (Å²) in [5, 5.41) is 0. The Morgan fingerprint density at radius 2 is 1.80 bits per heavy atom. The van der Waals surface area contributed by atoms with Crippen molar-refractivity contribution < 1.29 is 4.39 Å². The van der Waals surface area contributed by atoms with Crippen molar-refractivity contribution in [3.05, 3.63) is 0 Å². The molecule has 1 aliphatic carbocycles. The maximum Gasteiger partial charge on any atom is 0.104 e. The van der Waals surface area contributed by atoms with Crippen molar-refractivity contribution in [2.75, 3.05) is 13.1 Å². The van der Waals surface area contributed by atoms with Gasteiger partial charge in [-0.2, -0.15) is 0 Å². The van der Waals surface area contributed by atoms with Crippen LogP contribution in [0.25, 0.3) is 0 Å². The van der Waals surface area contributed by atoms with Crippen LogP contribution in [0.15, 0.2) is 0 Å². The van der Waals surface area contributed by atoms with Crippen LogP contribution in [0.2, 0.25) is 0 Å². The Kier molecular flexibility index (Phi) is 4.01. The molecule has 88 valence electrons. The van der Waals surface area contributed by atoms with Gasteiger partial charge in [0.25, 0.3) is 0 Å². The van der Waals surface area contributed by atoms with Crippen LogP contribution in [-0.2, 0) is 0 Å². The van der Waals surface area contributed by atoms with Crippen LogP contribution in [0.4, 0.5) is 4.39 Å². The first-order valence-electron chi connectivity index (χ1n) is 6.65. The third kappa shape index (κ3) is 2.93. The Balaban J connectivity index is 1.83. The zero-order valence-electron chi connectivity index (χ0n) is 9.92. The zero-order valence-corrected chi connectivity index (χ0v) is 9.92. The van der Waals surface area contributed by atoms with E-state index in [0.29, 0.717) is 12.0 Å². The number of piperidine rings is 1. The first-order chi connectivity index (χ1) is 7.27. The predicted molar refractivity (Wildman–Crippen MR) is 61.7 cm³/mol. The molecular formula is C13H24FN. The van der Waals surface area contributed by atoms with Crippen LogP contribution in [-0.4, -0.2) is 30.2 Å². The van der Waals surface area contributed by atoms with Gasteiger partial charge in [-0.3, -0.25) is 0 Å². The van der Waals surface area contributed by atoms with Crippen molar-refractivity contribution in [2.45, 2.75) is 64.1 Å². The number of likely N-dealkylation sites (tertiary alicyclic amines) is 1. The normalized spacial score (nSPS) is 39.2. The lowest BCUT2D eigenvalue weighted by atomic mass is 9.86. The van der Waals surface area contributed by atoms with E-state index in [2.05, 4.69) is 11.8 Å². The number of hydrogen-bond acceptors (Lipinski definition) is 1. The largest absolute Gasteiger partial charge is 0.300 e. The Morgan fingerprint density at radius 1 is 1.07 bits per heavy atom. The van der Waals surface area contributed by atoms with Crippen molar-refractivity contribution in [1.29, 1.82) is 0 Å². The van der Waals surface area contributed by atoms with Crippen molar-refractivity contribution in [3.8, 4) is 0 Å². The van der Waals surface area contributed by atoms with Gasteiger partial charge < -0.3 is 4.90 Å². The van der Waals surface area contributed by atoms with E-state index < -0.39 is 6.17 Å². The highest BCUT2D eigenvalue weighted by molar-refractivity contribution is 4.81. The molecule has 2 heteroatoms. The van der Waals surface area contributed by atoms with Gasteiger partial charge in [0.1, 0.15) is 6.17 Å². The fourth-order valence-electron chi connectivity index (χ4n) is 3.10. The first kappa shape index (κ1) is 11.4. The van der Waals surface area contributed by atoms with Crippen LogP contribution < -0.4 is 0 Å². The highest BCUT2D eigenvalue weighted by atomic mass is 19.1. The summed E-state index contributed by atoms with van der Waals surface area (Å²) < 4.78 is 13.7. The lowest BCUT2D eigenvalue weighted by Gasteiger charge is -2.38. The van der Waals surface area contributed by atoms with Crippen molar-refractivity contribution in [1.82, 2.24) is 4.90 Å². The van der Waals surface area contributed by atoms with Gasteiger partial charge >= 0.3 is 0 Å². The summed E-state index contributed by atoms with van der Waals surface area (Å²) in [5.74, 6) is 0.333. The molecule has 1 saturated carbocycles.